The highest BCUT2D eigenvalue weighted by Gasteiger charge is 2.22. The maximum atomic E-state index is 8.64. The molecule has 0 fully saturated rings. The molecule has 1 unspecified atom stereocenters. The quantitative estimate of drug-likeness (QED) is 0.488. The van der Waals surface area contributed by atoms with E-state index in [4.69, 9.17) is 9.92 Å². The SMILES string of the molecule is N#CC1OBc2ccccc21. The van der Waals surface area contributed by atoms with Gasteiger partial charge in [-0.25, -0.2) is 0 Å². The summed E-state index contributed by atoms with van der Waals surface area (Å²) in [5.41, 5.74) is 2.16. The molecule has 52 valence electrons. The minimum Gasteiger partial charge on any atom is -0.417 e. The lowest BCUT2D eigenvalue weighted by atomic mass is 9.87. The van der Waals surface area contributed by atoms with Gasteiger partial charge in [0.25, 0.3) is 0 Å². The van der Waals surface area contributed by atoms with Crippen LogP contribution in [0.25, 0.3) is 0 Å². The summed E-state index contributed by atoms with van der Waals surface area (Å²) in [6.45, 7) is 0. The first-order chi connectivity index (χ1) is 5.42. The molecule has 0 amide bonds. The molecule has 1 heterocycles. The van der Waals surface area contributed by atoms with Crippen LogP contribution in [0.1, 0.15) is 11.7 Å². The van der Waals surface area contributed by atoms with Crippen LogP contribution in [0.15, 0.2) is 24.3 Å². The number of rotatable bonds is 0. The Labute approximate surface area is 65.7 Å². The first-order valence-corrected chi connectivity index (χ1v) is 3.51. The van der Waals surface area contributed by atoms with Crippen molar-refractivity contribution in [2.75, 3.05) is 0 Å². The fourth-order valence-corrected chi connectivity index (χ4v) is 1.29. The van der Waals surface area contributed by atoms with E-state index in [1.165, 1.54) is 0 Å². The van der Waals surface area contributed by atoms with E-state index in [1.54, 1.807) is 0 Å². The molecule has 1 aromatic rings. The highest BCUT2D eigenvalue weighted by molar-refractivity contribution is 6.49. The molecule has 0 saturated heterocycles. The molecule has 0 bridgehead atoms. The van der Waals surface area contributed by atoms with E-state index in [0.717, 1.165) is 11.0 Å². The summed E-state index contributed by atoms with van der Waals surface area (Å²) < 4.78 is 5.21. The number of benzene rings is 1. The van der Waals surface area contributed by atoms with Crippen molar-refractivity contribution in [1.82, 2.24) is 0 Å². The predicted octanol–water partition coefficient (Wildman–Crippen LogP) is 0.258. The molecule has 0 N–H and O–H groups in total. The van der Waals surface area contributed by atoms with Gasteiger partial charge < -0.3 is 4.65 Å². The standard InChI is InChI=1S/C8H6BNO/c10-5-8-6-3-1-2-4-7(6)9-11-8/h1-4,8-9H. The summed E-state index contributed by atoms with van der Waals surface area (Å²) in [4.78, 5) is 0. The van der Waals surface area contributed by atoms with Gasteiger partial charge in [-0.3, -0.25) is 0 Å². The molecular weight excluding hydrogens is 137 g/mol. The maximum absolute atomic E-state index is 8.64. The van der Waals surface area contributed by atoms with E-state index in [-0.39, 0.29) is 6.10 Å². The second kappa shape index (κ2) is 2.41. The predicted molar refractivity (Wildman–Crippen MR) is 42.7 cm³/mol. The second-order valence-corrected chi connectivity index (χ2v) is 2.52. The van der Waals surface area contributed by atoms with E-state index in [9.17, 15) is 0 Å². The van der Waals surface area contributed by atoms with Crippen molar-refractivity contribution < 1.29 is 4.65 Å². The van der Waals surface area contributed by atoms with Gasteiger partial charge in [-0.15, -0.1) is 0 Å². The van der Waals surface area contributed by atoms with Gasteiger partial charge >= 0.3 is 7.48 Å². The fraction of sp³-hybridized carbons (Fsp3) is 0.125. The largest absolute Gasteiger partial charge is 0.417 e. The lowest BCUT2D eigenvalue weighted by Crippen LogP contribution is -2.09. The van der Waals surface area contributed by atoms with Crippen LogP contribution < -0.4 is 5.46 Å². The second-order valence-electron chi connectivity index (χ2n) is 2.52. The van der Waals surface area contributed by atoms with Crippen LogP contribution in [-0.2, 0) is 4.65 Å². The first kappa shape index (κ1) is 6.45. The normalized spacial score (nSPS) is 20.1. The Morgan fingerprint density at radius 1 is 1.45 bits per heavy atom. The minimum absolute atomic E-state index is 0.341. The Morgan fingerprint density at radius 3 is 3.09 bits per heavy atom. The third-order valence-electron chi connectivity index (χ3n) is 1.86. The highest BCUT2D eigenvalue weighted by atomic mass is 16.4. The molecule has 1 aliphatic heterocycles. The monoisotopic (exact) mass is 143 g/mol. The van der Waals surface area contributed by atoms with Gasteiger partial charge in [0, 0.05) is 0 Å². The number of fused-ring (bicyclic) bond motifs is 1. The van der Waals surface area contributed by atoms with Gasteiger partial charge in [0.15, 0.2) is 6.10 Å². The minimum atomic E-state index is -0.341. The van der Waals surface area contributed by atoms with Crippen LogP contribution in [0.2, 0.25) is 0 Å². The van der Waals surface area contributed by atoms with Crippen molar-refractivity contribution in [1.29, 1.82) is 5.26 Å². The Balaban J connectivity index is 2.49. The van der Waals surface area contributed by atoms with E-state index in [2.05, 4.69) is 6.07 Å². The molecule has 2 nitrogen and oxygen atoms in total. The number of nitriles is 1. The number of hydrogen-bond donors (Lipinski definition) is 0. The molecule has 1 atom stereocenters. The molecule has 0 radical (unpaired) electrons. The van der Waals surface area contributed by atoms with Crippen LogP contribution in [0.3, 0.4) is 0 Å². The van der Waals surface area contributed by atoms with Gasteiger partial charge in [-0.2, -0.15) is 5.26 Å². The highest BCUT2D eigenvalue weighted by Crippen LogP contribution is 2.18. The van der Waals surface area contributed by atoms with Gasteiger partial charge in [0.2, 0.25) is 0 Å². The average Bonchev–Trinajstić information content (AvgIpc) is 2.47. The van der Waals surface area contributed by atoms with Crippen molar-refractivity contribution in [2.45, 2.75) is 6.10 Å². The summed E-state index contributed by atoms with van der Waals surface area (Å²) in [6, 6.07) is 9.92. The molecule has 1 aromatic carbocycles. The third-order valence-corrected chi connectivity index (χ3v) is 1.86. The van der Waals surface area contributed by atoms with Gasteiger partial charge in [-0.1, -0.05) is 24.3 Å². The molecule has 0 saturated carbocycles. The topological polar surface area (TPSA) is 33.0 Å². The summed E-state index contributed by atoms with van der Waals surface area (Å²) in [7, 11) is 0.578. The zero-order valence-corrected chi connectivity index (χ0v) is 5.95. The lowest BCUT2D eigenvalue weighted by molar-refractivity contribution is 0.297. The third kappa shape index (κ3) is 0.922. The Hall–Kier alpha value is -1.27. The summed E-state index contributed by atoms with van der Waals surface area (Å²) in [6.07, 6.45) is -0.341. The molecule has 11 heavy (non-hydrogen) atoms. The van der Waals surface area contributed by atoms with Gasteiger partial charge in [0.1, 0.15) is 0 Å². The van der Waals surface area contributed by atoms with E-state index in [1.807, 2.05) is 24.3 Å². The van der Waals surface area contributed by atoms with Crippen molar-refractivity contribution in [3.05, 3.63) is 29.8 Å². The average molecular weight is 143 g/mol. The first-order valence-electron chi connectivity index (χ1n) is 3.51. The van der Waals surface area contributed by atoms with Crippen molar-refractivity contribution >= 4 is 12.9 Å². The van der Waals surface area contributed by atoms with Gasteiger partial charge in [0.05, 0.1) is 6.07 Å². The van der Waals surface area contributed by atoms with Gasteiger partial charge in [-0.05, 0) is 11.0 Å². The molecular formula is C8H6BNO. The molecule has 3 heteroatoms. The lowest BCUT2D eigenvalue weighted by Gasteiger charge is -1.99. The van der Waals surface area contributed by atoms with Crippen LogP contribution in [0.4, 0.5) is 0 Å². The van der Waals surface area contributed by atoms with Crippen LogP contribution >= 0.6 is 0 Å². The summed E-state index contributed by atoms with van der Waals surface area (Å²) in [5, 5.41) is 8.64. The van der Waals surface area contributed by atoms with Crippen LogP contribution in [-0.4, -0.2) is 7.48 Å². The number of nitrogens with zero attached hydrogens (tertiary/aromatic N) is 1. The zero-order chi connectivity index (χ0) is 7.68. The van der Waals surface area contributed by atoms with E-state index < -0.39 is 0 Å². The van der Waals surface area contributed by atoms with E-state index in [0.29, 0.717) is 7.48 Å². The summed E-state index contributed by atoms with van der Waals surface area (Å²) in [5.74, 6) is 0. The van der Waals surface area contributed by atoms with Crippen molar-refractivity contribution in [2.24, 2.45) is 0 Å². The maximum Gasteiger partial charge on any atom is 0.311 e. The van der Waals surface area contributed by atoms with Crippen molar-refractivity contribution in [3.63, 3.8) is 0 Å². The summed E-state index contributed by atoms with van der Waals surface area (Å²) >= 11 is 0. The molecule has 1 aliphatic rings. The smallest absolute Gasteiger partial charge is 0.311 e. The Bertz CT molecular complexity index is 318. The molecule has 2 rings (SSSR count). The Morgan fingerprint density at radius 2 is 2.27 bits per heavy atom. The van der Waals surface area contributed by atoms with Crippen LogP contribution in [0.5, 0.6) is 0 Å². The van der Waals surface area contributed by atoms with E-state index >= 15 is 0 Å². The molecule has 0 aromatic heterocycles. The Kier molecular flexibility index (Phi) is 1.41. The zero-order valence-electron chi connectivity index (χ0n) is 5.95. The molecule has 0 spiro atoms. The van der Waals surface area contributed by atoms with Crippen molar-refractivity contribution in [3.8, 4) is 6.07 Å². The van der Waals surface area contributed by atoms with Crippen LogP contribution in [0, 0.1) is 11.3 Å². The fourth-order valence-electron chi connectivity index (χ4n) is 1.29. The number of hydrogen-bond acceptors (Lipinski definition) is 2. The molecule has 0 aliphatic carbocycles.